The third-order valence-electron chi connectivity index (χ3n) is 4.82. The number of methoxy groups -OCH3 is 1. The summed E-state index contributed by atoms with van der Waals surface area (Å²) in [6.07, 6.45) is 1.64. The number of phenols is 1. The summed E-state index contributed by atoms with van der Waals surface area (Å²) < 4.78 is 5.10. The van der Waals surface area contributed by atoms with Crippen molar-refractivity contribution in [2.24, 2.45) is 4.99 Å². The molecule has 8 nitrogen and oxygen atoms in total. The zero-order valence-electron chi connectivity index (χ0n) is 16.1. The highest BCUT2D eigenvalue weighted by Gasteiger charge is 2.20. The Morgan fingerprint density at radius 2 is 1.93 bits per heavy atom. The Balaban J connectivity index is 1.46. The Bertz CT molecular complexity index is 963. The number of hydrogen-bond donors (Lipinski definition) is 4. The van der Waals surface area contributed by atoms with Crippen LogP contribution in [0.2, 0.25) is 0 Å². The van der Waals surface area contributed by atoms with Crippen LogP contribution in [0.1, 0.15) is 5.56 Å². The van der Waals surface area contributed by atoms with Gasteiger partial charge in [0.25, 0.3) is 5.91 Å². The van der Waals surface area contributed by atoms with Gasteiger partial charge in [0, 0.05) is 37.6 Å². The Morgan fingerprint density at radius 1 is 1.17 bits per heavy atom. The highest BCUT2D eigenvalue weighted by atomic mass is 16.5. The minimum atomic E-state index is -0.294. The van der Waals surface area contributed by atoms with E-state index in [0.717, 1.165) is 31.9 Å². The molecule has 0 aliphatic carbocycles. The number of amides is 1. The first-order valence-corrected chi connectivity index (χ1v) is 9.44. The lowest BCUT2D eigenvalue weighted by Gasteiger charge is -2.29. The van der Waals surface area contributed by atoms with Crippen LogP contribution >= 0.6 is 0 Å². The van der Waals surface area contributed by atoms with Gasteiger partial charge in [-0.3, -0.25) is 10.1 Å². The van der Waals surface area contributed by atoms with Crippen molar-refractivity contribution in [3.63, 3.8) is 0 Å². The standard InChI is InChI=1S/C21H23N5O3/c1-29-19-13-14(2-7-18(19)27)12-17-20(28)25-21(24-17)23-15-3-5-16(6-4-15)26-10-8-22-9-11-26/h2-7,12-13,22,27H,8-11H2,1H3,(H2,23,24,25,28)/b17-12-. The fourth-order valence-electron chi connectivity index (χ4n) is 3.28. The second-order valence-electron chi connectivity index (χ2n) is 6.78. The lowest BCUT2D eigenvalue weighted by molar-refractivity contribution is -0.115. The van der Waals surface area contributed by atoms with Crippen LogP contribution in [0.4, 0.5) is 11.4 Å². The highest BCUT2D eigenvalue weighted by molar-refractivity contribution is 6.17. The van der Waals surface area contributed by atoms with Crippen molar-refractivity contribution in [3.8, 4) is 11.5 Å². The van der Waals surface area contributed by atoms with E-state index in [1.165, 1.54) is 18.9 Å². The van der Waals surface area contributed by atoms with Gasteiger partial charge in [-0.25, -0.2) is 4.99 Å². The molecule has 150 valence electrons. The molecule has 0 atom stereocenters. The molecule has 2 aliphatic heterocycles. The van der Waals surface area contributed by atoms with Gasteiger partial charge < -0.3 is 25.4 Å². The first-order chi connectivity index (χ1) is 14.1. The Kier molecular flexibility index (Phi) is 5.35. The molecule has 4 rings (SSSR count). The van der Waals surface area contributed by atoms with E-state index in [0.29, 0.717) is 17.3 Å². The average Bonchev–Trinajstić information content (AvgIpc) is 3.09. The van der Waals surface area contributed by atoms with E-state index in [9.17, 15) is 9.90 Å². The van der Waals surface area contributed by atoms with Crippen molar-refractivity contribution in [1.82, 2.24) is 10.6 Å². The lowest BCUT2D eigenvalue weighted by atomic mass is 10.1. The van der Waals surface area contributed by atoms with Crippen molar-refractivity contribution in [1.29, 1.82) is 0 Å². The molecule has 4 N–H and O–H groups in total. The van der Waals surface area contributed by atoms with Crippen LogP contribution in [-0.2, 0) is 4.79 Å². The number of aliphatic imine (C=N–C) groups is 1. The summed E-state index contributed by atoms with van der Waals surface area (Å²) in [6.45, 7) is 3.97. The largest absolute Gasteiger partial charge is 0.504 e. The van der Waals surface area contributed by atoms with Crippen molar-refractivity contribution in [2.45, 2.75) is 0 Å². The molecule has 1 fully saturated rings. The summed E-state index contributed by atoms with van der Waals surface area (Å²) in [5, 5.41) is 18.9. The van der Waals surface area contributed by atoms with Gasteiger partial charge in [0.1, 0.15) is 5.70 Å². The number of carbonyl (C=O) groups is 1. The molecule has 8 heteroatoms. The number of hydrogen-bond acceptors (Lipinski definition) is 7. The van der Waals surface area contributed by atoms with Gasteiger partial charge in [-0.1, -0.05) is 6.07 Å². The van der Waals surface area contributed by atoms with E-state index in [4.69, 9.17) is 4.74 Å². The average molecular weight is 393 g/mol. The molecule has 2 aliphatic rings. The fraction of sp³-hybridized carbons (Fsp3) is 0.238. The molecule has 1 saturated heterocycles. The van der Waals surface area contributed by atoms with Gasteiger partial charge in [-0.2, -0.15) is 0 Å². The summed E-state index contributed by atoms with van der Waals surface area (Å²) in [4.78, 5) is 18.9. The number of piperazine rings is 1. The van der Waals surface area contributed by atoms with Crippen molar-refractivity contribution in [2.75, 3.05) is 43.5 Å². The molecule has 0 unspecified atom stereocenters. The number of anilines is 2. The third kappa shape index (κ3) is 4.33. The molecule has 0 saturated carbocycles. The molecular formula is C21H23N5O3. The first-order valence-electron chi connectivity index (χ1n) is 9.44. The summed E-state index contributed by atoms with van der Waals surface area (Å²) in [7, 11) is 1.47. The Labute approximate surface area is 168 Å². The summed E-state index contributed by atoms with van der Waals surface area (Å²) in [5.74, 6) is 0.462. The number of ether oxygens (including phenoxy) is 1. The number of benzene rings is 2. The predicted octanol–water partition coefficient (Wildman–Crippen LogP) is 1.75. The van der Waals surface area contributed by atoms with E-state index in [1.54, 1.807) is 18.2 Å². The van der Waals surface area contributed by atoms with Crippen LogP contribution in [0.15, 0.2) is 53.2 Å². The van der Waals surface area contributed by atoms with Crippen LogP contribution in [0.3, 0.4) is 0 Å². The fourth-order valence-corrected chi connectivity index (χ4v) is 3.28. The lowest BCUT2D eigenvalue weighted by Crippen LogP contribution is -2.43. The minimum absolute atomic E-state index is 0.0423. The monoisotopic (exact) mass is 393 g/mol. The summed E-state index contributed by atoms with van der Waals surface area (Å²) in [5.41, 5.74) is 3.00. The second-order valence-corrected chi connectivity index (χ2v) is 6.78. The molecule has 2 heterocycles. The van der Waals surface area contributed by atoms with Crippen LogP contribution in [-0.4, -0.2) is 50.3 Å². The molecular weight excluding hydrogens is 370 g/mol. The second kappa shape index (κ2) is 8.24. The van der Waals surface area contributed by atoms with Crippen molar-refractivity contribution >= 4 is 29.3 Å². The Morgan fingerprint density at radius 3 is 2.66 bits per heavy atom. The van der Waals surface area contributed by atoms with Crippen LogP contribution in [0.25, 0.3) is 6.08 Å². The first kappa shape index (κ1) is 18.8. The van der Waals surface area contributed by atoms with Crippen molar-refractivity contribution in [3.05, 3.63) is 53.7 Å². The number of aromatic hydroxyl groups is 1. The summed E-state index contributed by atoms with van der Waals surface area (Å²) >= 11 is 0. The molecule has 0 radical (unpaired) electrons. The molecule has 29 heavy (non-hydrogen) atoms. The van der Waals surface area contributed by atoms with Gasteiger partial charge in [-0.05, 0) is 48.0 Å². The minimum Gasteiger partial charge on any atom is -0.504 e. The molecule has 1 amide bonds. The zero-order chi connectivity index (χ0) is 20.2. The molecule has 0 aromatic heterocycles. The Hall–Kier alpha value is -3.52. The third-order valence-corrected chi connectivity index (χ3v) is 4.82. The SMILES string of the molecule is COc1cc(/C=C2\N=C(Nc3ccc(N4CCNCC4)cc3)NC2=O)ccc1O. The van der Waals surface area contributed by atoms with Crippen LogP contribution in [0.5, 0.6) is 11.5 Å². The quantitative estimate of drug-likeness (QED) is 0.591. The molecule has 2 aromatic rings. The van der Waals surface area contributed by atoms with Gasteiger partial charge in [0.05, 0.1) is 7.11 Å². The number of nitrogens with one attached hydrogen (secondary N) is 3. The van der Waals surface area contributed by atoms with Gasteiger partial charge >= 0.3 is 0 Å². The van der Waals surface area contributed by atoms with E-state index in [1.807, 2.05) is 12.1 Å². The summed E-state index contributed by atoms with van der Waals surface area (Å²) in [6, 6.07) is 12.9. The topological polar surface area (TPSA) is 98.2 Å². The van der Waals surface area contributed by atoms with Gasteiger partial charge in [-0.15, -0.1) is 0 Å². The normalized spacial score (nSPS) is 17.8. The molecule has 0 bridgehead atoms. The van der Waals surface area contributed by atoms with Gasteiger partial charge in [0.2, 0.25) is 5.96 Å². The van der Waals surface area contributed by atoms with E-state index in [-0.39, 0.29) is 17.4 Å². The van der Waals surface area contributed by atoms with Crippen LogP contribution < -0.4 is 25.6 Å². The zero-order valence-corrected chi connectivity index (χ0v) is 16.1. The highest BCUT2D eigenvalue weighted by Crippen LogP contribution is 2.27. The predicted molar refractivity (Wildman–Crippen MR) is 113 cm³/mol. The number of carbonyl (C=O) groups excluding carboxylic acids is 1. The maximum absolute atomic E-state index is 12.2. The molecule has 2 aromatic carbocycles. The molecule has 0 spiro atoms. The van der Waals surface area contributed by atoms with E-state index in [2.05, 4.69) is 38.0 Å². The number of phenolic OH excluding ortho intramolecular Hbond substituents is 1. The maximum atomic E-state index is 12.2. The smallest absolute Gasteiger partial charge is 0.276 e. The number of nitrogens with zero attached hydrogens (tertiary/aromatic N) is 2. The van der Waals surface area contributed by atoms with Crippen molar-refractivity contribution < 1.29 is 14.6 Å². The van der Waals surface area contributed by atoms with Gasteiger partial charge in [0.15, 0.2) is 11.5 Å². The maximum Gasteiger partial charge on any atom is 0.276 e. The number of guanidine groups is 1. The van der Waals surface area contributed by atoms with E-state index >= 15 is 0 Å². The van der Waals surface area contributed by atoms with Crippen LogP contribution in [0, 0.1) is 0 Å². The number of rotatable bonds is 4. The van der Waals surface area contributed by atoms with E-state index < -0.39 is 0 Å².